The Morgan fingerprint density at radius 1 is 1.07 bits per heavy atom. The summed E-state index contributed by atoms with van der Waals surface area (Å²) in [7, 11) is 0. The number of carbonyl (C=O) groups is 3. The second-order valence-electron chi connectivity index (χ2n) is 6.14. The van der Waals surface area contributed by atoms with Crippen LogP contribution >= 0.6 is 15.9 Å². The van der Waals surface area contributed by atoms with Gasteiger partial charge in [0.2, 0.25) is 11.7 Å². The third-order valence-corrected chi connectivity index (χ3v) is 4.03. The van der Waals surface area contributed by atoms with E-state index in [0.717, 1.165) is 0 Å². The molecule has 27 heavy (non-hydrogen) atoms. The van der Waals surface area contributed by atoms with Gasteiger partial charge in [-0.1, -0.05) is 13.8 Å². The molecular weight excluding hydrogens is 414 g/mol. The minimum absolute atomic E-state index is 0.105. The van der Waals surface area contributed by atoms with Crippen molar-refractivity contribution in [3.8, 4) is 0 Å². The lowest BCUT2D eigenvalue weighted by Crippen LogP contribution is -2.23. The van der Waals surface area contributed by atoms with Crippen molar-refractivity contribution in [2.45, 2.75) is 26.9 Å². The van der Waals surface area contributed by atoms with Crippen molar-refractivity contribution in [2.24, 2.45) is 5.92 Å². The van der Waals surface area contributed by atoms with Crippen LogP contribution in [0.1, 0.15) is 36.9 Å². The van der Waals surface area contributed by atoms with Crippen LogP contribution in [0.5, 0.6) is 0 Å². The number of anilines is 1. The summed E-state index contributed by atoms with van der Waals surface area (Å²) in [6.07, 6.45) is 1.71. The van der Waals surface area contributed by atoms with E-state index in [1.807, 2.05) is 0 Å². The van der Waals surface area contributed by atoms with Gasteiger partial charge < -0.3 is 14.5 Å². The summed E-state index contributed by atoms with van der Waals surface area (Å²) < 4.78 is 10.9. The molecule has 0 saturated heterocycles. The fraction of sp³-hybridized carbons (Fsp3) is 0.250. The first kappa shape index (κ1) is 20.6. The first-order valence-corrected chi connectivity index (χ1v) is 9.14. The van der Waals surface area contributed by atoms with Gasteiger partial charge in [-0.2, -0.15) is 0 Å². The van der Waals surface area contributed by atoms with Crippen LogP contribution < -0.4 is 5.32 Å². The summed E-state index contributed by atoms with van der Waals surface area (Å²) in [6.45, 7) is 5.09. The molecule has 6 nitrogen and oxygen atoms in total. The van der Waals surface area contributed by atoms with Crippen molar-refractivity contribution in [3.63, 3.8) is 0 Å². The number of furan rings is 1. The molecule has 0 aliphatic rings. The van der Waals surface area contributed by atoms with Crippen molar-refractivity contribution < 1.29 is 23.5 Å². The summed E-state index contributed by atoms with van der Waals surface area (Å²) in [5.41, 5.74) is 0.985. The first-order chi connectivity index (χ1) is 12.8. The maximum Gasteiger partial charge on any atom is 0.331 e. The van der Waals surface area contributed by atoms with E-state index in [9.17, 15) is 14.4 Å². The lowest BCUT2D eigenvalue weighted by Gasteiger charge is -2.12. The van der Waals surface area contributed by atoms with E-state index in [1.54, 1.807) is 50.2 Å². The van der Waals surface area contributed by atoms with Gasteiger partial charge >= 0.3 is 5.97 Å². The molecule has 0 spiro atoms. The molecule has 0 aliphatic carbocycles. The number of hydrogen-bond donors (Lipinski definition) is 1. The van der Waals surface area contributed by atoms with Crippen molar-refractivity contribution in [2.75, 3.05) is 5.32 Å². The Kier molecular flexibility index (Phi) is 7.12. The maximum absolute atomic E-state index is 12.4. The van der Waals surface area contributed by atoms with Crippen LogP contribution in [0.3, 0.4) is 0 Å². The number of hydrogen-bond acceptors (Lipinski definition) is 5. The Hall–Kier alpha value is -2.67. The van der Waals surface area contributed by atoms with Crippen molar-refractivity contribution in [1.82, 2.24) is 0 Å². The molecule has 1 aromatic heterocycles. The number of benzene rings is 1. The van der Waals surface area contributed by atoms with E-state index in [0.29, 0.717) is 21.7 Å². The van der Waals surface area contributed by atoms with Crippen LogP contribution in [0, 0.1) is 5.92 Å². The monoisotopic (exact) mass is 433 g/mol. The fourth-order valence-corrected chi connectivity index (χ4v) is 2.39. The highest BCUT2D eigenvalue weighted by Gasteiger charge is 2.18. The molecule has 1 N–H and O–H groups in total. The Bertz CT molecular complexity index is 852. The van der Waals surface area contributed by atoms with Crippen LogP contribution in [0.2, 0.25) is 0 Å². The molecule has 7 heteroatoms. The van der Waals surface area contributed by atoms with Gasteiger partial charge in [0.05, 0.1) is 0 Å². The normalized spacial score (nSPS) is 12.2. The van der Waals surface area contributed by atoms with Gasteiger partial charge in [0, 0.05) is 23.2 Å². The van der Waals surface area contributed by atoms with E-state index >= 15 is 0 Å². The van der Waals surface area contributed by atoms with E-state index in [4.69, 9.17) is 9.15 Å². The lowest BCUT2D eigenvalue weighted by molar-refractivity contribution is -0.140. The standard InChI is InChI=1S/C20H20BrNO5/c1-12(2)20(25)22-15-6-4-14(5-7-15)19(24)13(3)26-18(23)11-9-16-8-10-17(21)27-16/h4-13H,1-3H3,(H,22,25)/b11-9+. The summed E-state index contributed by atoms with van der Waals surface area (Å²) >= 11 is 3.16. The molecule has 1 heterocycles. The van der Waals surface area contributed by atoms with Crippen molar-refractivity contribution in [3.05, 3.63) is 58.5 Å². The molecule has 0 saturated carbocycles. The van der Waals surface area contributed by atoms with Crippen molar-refractivity contribution in [1.29, 1.82) is 0 Å². The molecular formula is C20H20BrNO5. The quantitative estimate of drug-likeness (QED) is 0.395. The van der Waals surface area contributed by atoms with Crippen LogP contribution in [-0.2, 0) is 14.3 Å². The molecule has 0 fully saturated rings. The zero-order valence-corrected chi connectivity index (χ0v) is 16.8. The third-order valence-electron chi connectivity index (χ3n) is 3.60. The van der Waals surface area contributed by atoms with Gasteiger partial charge in [0.15, 0.2) is 10.8 Å². The zero-order valence-electron chi connectivity index (χ0n) is 15.2. The number of ketones is 1. The molecule has 1 atom stereocenters. The number of ether oxygens (including phenoxy) is 1. The maximum atomic E-state index is 12.4. The largest absolute Gasteiger partial charge is 0.451 e. The van der Waals surface area contributed by atoms with Crippen LogP contribution in [-0.4, -0.2) is 23.8 Å². The SMILES string of the molecule is CC(C)C(=O)Nc1ccc(C(=O)C(C)OC(=O)/C=C/c2ccc(Br)o2)cc1. The molecule has 1 unspecified atom stereocenters. The van der Waals surface area contributed by atoms with Crippen molar-refractivity contribution >= 4 is 45.4 Å². The Balaban J connectivity index is 1.93. The fourth-order valence-electron chi connectivity index (χ4n) is 2.07. The van der Waals surface area contributed by atoms with Gasteiger partial charge in [-0.25, -0.2) is 4.79 Å². The minimum atomic E-state index is -0.943. The summed E-state index contributed by atoms with van der Waals surface area (Å²) in [5.74, 6) is -0.743. The predicted octanol–water partition coefficient (Wildman–Crippen LogP) is 4.46. The highest BCUT2D eigenvalue weighted by Crippen LogP contribution is 2.16. The van der Waals surface area contributed by atoms with Crippen LogP contribution in [0.25, 0.3) is 6.08 Å². The topological polar surface area (TPSA) is 85.6 Å². The average Bonchev–Trinajstić information content (AvgIpc) is 3.05. The molecule has 0 bridgehead atoms. The third kappa shape index (κ3) is 6.21. The summed E-state index contributed by atoms with van der Waals surface area (Å²) in [5, 5.41) is 2.75. The molecule has 0 aliphatic heterocycles. The van der Waals surface area contributed by atoms with E-state index < -0.39 is 12.1 Å². The van der Waals surface area contributed by atoms with Gasteiger partial charge in [0.1, 0.15) is 5.76 Å². The van der Waals surface area contributed by atoms with E-state index in [1.165, 1.54) is 19.1 Å². The average molecular weight is 434 g/mol. The number of carbonyl (C=O) groups excluding carboxylic acids is 3. The van der Waals surface area contributed by atoms with Gasteiger partial charge in [0.25, 0.3) is 0 Å². The molecule has 2 rings (SSSR count). The molecule has 2 aromatic rings. The number of esters is 1. The van der Waals surface area contributed by atoms with Crippen LogP contribution in [0.15, 0.2) is 51.6 Å². The Morgan fingerprint density at radius 3 is 2.30 bits per heavy atom. The number of halogens is 1. The Labute approximate surface area is 165 Å². The van der Waals surface area contributed by atoms with Crippen LogP contribution in [0.4, 0.5) is 5.69 Å². The number of Topliss-reactive ketones (excluding diaryl/α,β-unsaturated/α-hetero) is 1. The molecule has 1 amide bonds. The smallest absolute Gasteiger partial charge is 0.331 e. The van der Waals surface area contributed by atoms with E-state index in [2.05, 4.69) is 21.2 Å². The summed E-state index contributed by atoms with van der Waals surface area (Å²) in [4.78, 5) is 35.9. The molecule has 1 aromatic carbocycles. The highest BCUT2D eigenvalue weighted by molar-refractivity contribution is 9.10. The molecule has 142 valence electrons. The molecule has 0 radical (unpaired) electrons. The van der Waals surface area contributed by atoms with E-state index in [-0.39, 0.29) is 17.6 Å². The Morgan fingerprint density at radius 2 is 1.74 bits per heavy atom. The number of nitrogens with one attached hydrogen (secondary N) is 1. The lowest BCUT2D eigenvalue weighted by atomic mass is 10.1. The predicted molar refractivity (Wildman–Crippen MR) is 105 cm³/mol. The number of amides is 1. The van der Waals surface area contributed by atoms with Gasteiger partial charge in [-0.3, -0.25) is 9.59 Å². The second-order valence-corrected chi connectivity index (χ2v) is 6.92. The van der Waals surface area contributed by atoms with Gasteiger partial charge in [-0.05, 0) is 65.3 Å². The van der Waals surface area contributed by atoms with Gasteiger partial charge in [-0.15, -0.1) is 0 Å². The summed E-state index contributed by atoms with van der Waals surface area (Å²) in [6, 6.07) is 9.82. The minimum Gasteiger partial charge on any atom is -0.451 e. The number of rotatable bonds is 7. The second kappa shape index (κ2) is 9.32. The first-order valence-electron chi connectivity index (χ1n) is 8.35. The zero-order chi connectivity index (χ0) is 20.0. The highest BCUT2D eigenvalue weighted by atomic mass is 79.9.